The number of carboxylic acids is 1. The maximum Gasteiger partial charge on any atom is 0.437 e. The van der Waals surface area contributed by atoms with Gasteiger partial charge in [-0.15, -0.1) is 5.10 Å². The third-order valence-electron chi connectivity index (χ3n) is 4.53. The molecule has 2 aromatic rings. The van der Waals surface area contributed by atoms with Crippen LogP contribution >= 0.6 is 11.9 Å². The predicted octanol–water partition coefficient (Wildman–Crippen LogP) is 4.04. The van der Waals surface area contributed by atoms with Crippen LogP contribution in [0.3, 0.4) is 0 Å². The predicted molar refractivity (Wildman–Crippen MR) is 92.1 cm³/mol. The van der Waals surface area contributed by atoms with E-state index in [1.165, 1.54) is 0 Å². The molecule has 0 atom stereocenters. The zero-order valence-corrected chi connectivity index (χ0v) is 15.2. The first-order valence-corrected chi connectivity index (χ1v) is 9.14. The Labute approximate surface area is 152 Å². The number of halogens is 3. The molecule has 1 aliphatic rings. The summed E-state index contributed by atoms with van der Waals surface area (Å²) in [6, 6.07) is 1.89. The first-order chi connectivity index (χ1) is 12.2. The van der Waals surface area contributed by atoms with Gasteiger partial charge < -0.3 is 5.11 Å². The number of aryl methyl sites for hydroxylation is 2. The van der Waals surface area contributed by atoms with Gasteiger partial charge in [-0.05, 0) is 73.7 Å². The number of carboxylic acid groups (broad SMARTS) is 1. The maximum atomic E-state index is 13.5. The molecule has 0 radical (unpaired) electrons. The second kappa shape index (κ2) is 6.94. The average Bonchev–Trinajstić information content (AvgIpc) is 2.97. The van der Waals surface area contributed by atoms with E-state index in [9.17, 15) is 18.0 Å². The molecular weight excluding hydrogens is 367 g/mol. The SMILES string of the molecule is Cc1cc(C)c(-c2c(C(F)(F)F)nnn2SCC(=O)O)c2c1CCCC2. The highest BCUT2D eigenvalue weighted by atomic mass is 32.2. The summed E-state index contributed by atoms with van der Waals surface area (Å²) in [6.07, 6.45) is -1.23. The lowest BCUT2D eigenvalue weighted by molar-refractivity contribution is -0.140. The molecule has 1 heterocycles. The van der Waals surface area contributed by atoms with Crippen LogP contribution < -0.4 is 0 Å². The van der Waals surface area contributed by atoms with Crippen molar-refractivity contribution in [2.45, 2.75) is 45.7 Å². The number of aromatic nitrogens is 3. The number of benzene rings is 1. The molecule has 9 heteroatoms. The van der Waals surface area contributed by atoms with E-state index in [2.05, 4.69) is 10.3 Å². The van der Waals surface area contributed by atoms with Crippen molar-refractivity contribution in [3.63, 3.8) is 0 Å². The molecule has 0 aliphatic heterocycles. The van der Waals surface area contributed by atoms with Crippen molar-refractivity contribution < 1.29 is 23.1 Å². The topological polar surface area (TPSA) is 68.0 Å². The van der Waals surface area contributed by atoms with E-state index in [4.69, 9.17) is 5.11 Å². The maximum absolute atomic E-state index is 13.5. The zero-order chi connectivity index (χ0) is 19.1. The van der Waals surface area contributed by atoms with Crippen molar-refractivity contribution in [2.75, 3.05) is 5.75 Å². The van der Waals surface area contributed by atoms with E-state index < -0.39 is 23.6 Å². The molecule has 1 aliphatic carbocycles. The van der Waals surface area contributed by atoms with Crippen LogP contribution in [-0.2, 0) is 23.8 Å². The van der Waals surface area contributed by atoms with Gasteiger partial charge in [-0.2, -0.15) is 17.3 Å². The lowest BCUT2D eigenvalue weighted by Crippen LogP contribution is -2.13. The standard InChI is InChI=1S/C17H18F3N3O2S/c1-9-7-10(2)14(12-6-4-3-5-11(9)12)15-16(17(18,19)20)21-22-23(15)26-8-13(24)25/h7H,3-6,8H2,1-2H3,(H,24,25). The second-order valence-corrected chi connectivity index (χ2v) is 7.27. The van der Waals surface area contributed by atoms with Crippen LogP contribution in [0.25, 0.3) is 11.3 Å². The number of alkyl halides is 3. The summed E-state index contributed by atoms with van der Waals surface area (Å²) in [6.45, 7) is 3.75. The second-order valence-electron chi connectivity index (χ2n) is 6.37. The zero-order valence-electron chi connectivity index (χ0n) is 14.4. The van der Waals surface area contributed by atoms with Crippen LogP contribution in [0.5, 0.6) is 0 Å². The third-order valence-corrected chi connectivity index (χ3v) is 5.41. The lowest BCUT2D eigenvalue weighted by atomic mass is 9.82. The molecule has 0 amide bonds. The number of rotatable bonds is 4. The molecule has 0 fully saturated rings. The Kier molecular flexibility index (Phi) is 5.01. The Morgan fingerprint density at radius 1 is 1.23 bits per heavy atom. The first kappa shape index (κ1) is 18.8. The minimum absolute atomic E-state index is 0.153. The lowest BCUT2D eigenvalue weighted by Gasteiger charge is -2.24. The van der Waals surface area contributed by atoms with Crippen LogP contribution in [0, 0.1) is 13.8 Å². The van der Waals surface area contributed by atoms with Gasteiger partial charge in [0.05, 0.1) is 0 Å². The molecule has 140 valence electrons. The largest absolute Gasteiger partial charge is 0.481 e. The smallest absolute Gasteiger partial charge is 0.437 e. The number of hydrogen-bond acceptors (Lipinski definition) is 4. The van der Waals surface area contributed by atoms with Crippen LogP contribution in [-0.4, -0.2) is 31.2 Å². The highest BCUT2D eigenvalue weighted by Crippen LogP contribution is 2.42. The molecule has 0 spiro atoms. The number of aliphatic carboxylic acids is 1. The molecule has 1 aromatic carbocycles. The van der Waals surface area contributed by atoms with E-state index in [1.54, 1.807) is 6.92 Å². The quantitative estimate of drug-likeness (QED) is 0.860. The van der Waals surface area contributed by atoms with E-state index in [0.717, 1.165) is 40.0 Å². The molecule has 1 N–H and O–H groups in total. The monoisotopic (exact) mass is 385 g/mol. The Balaban J connectivity index is 2.25. The number of fused-ring (bicyclic) bond motifs is 1. The van der Waals surface area contributed by atoms with Gasteiger partial charge in [0.25, 0.3) is 0 Å². The average molecular weight is 385 g/mol. The Morgan fingerprint density at radius 2 is 1.88 bits per heavy atom. The highest BCUT2D eigenvalue weighted by molar-refractivity contribution is 7.98. The number of nitrogens with zero attached hydrogens (tertiary/aromatic N) is 3. The van der Waals surface area contributed by atoms with E-state index in [-0.39, 0.29) is 5.69 Å². The van der Waals surface area contributed by atoms with Crippen LogP contribution in [0.15, 0.2) is 6.07 Å². The number of carbonyl (C=O) groups is 1. The minimum atomic E-state index is -4.67. The van der Waals surface area contributed by atoms with Crippen molar-refractivity contribution in [3.05, 3.63) is 34.0 Å². The van der Waals surface area contributed by atoms with Gasteiger partial charge in [0.2, 0.25) is 0 Å². The number of hydrogen-bond donors (Lipinski definition) is 1. The minimum Gasteiger partial charge on any atom is -0.481 e. The van der Waals surface area contributed by atoms with E-state index in [1.807, 2.05) is 13.0 Å². The van der Waals surface area contributed by atoms with Crippen LogP contribution in [0.4, 0.5) is 13.2 Å². The normalized spacial score (nSPS) is 14.3. The fourth-order valence-corrected chi connectivity index (χ4v) is 4.18. The Morgan fingerprint density at radius 3 is 2.50 bits per heavy atom. The van der Waals surface area contributed by atoms with Gasteiger partial charge in [0.1, 0.15) is 11.4 Å². The first-order valence-electron chi connectivity index (χ1n) is 8.20. The third kappa shape index (κ3) is 3.44. The van der Waals surface area contributed by atoms with Crippen molar-refractivity contribution in [1.29, 1.82) is 0 Å². The van der Waals surface area contributed by atoms with Gasteiger partial charge in [0.15, 0.2) is 5.69 Å². The van der Waals surface area contributed by atoms with Gasteiger partial charge in [-0.25, -0.2) is 0 Å². The van der Waals surface area contributed by atoms with Crippen LogP contribution in [0.2, 0.25) is 0 Å². The Hall–Kier alpha value is -2.03. The molecule has 0 saturated carbocycles. The van der Waals surface area contributed by atoms with Gasteiger partial charge in [-0.1, -0.05) is 11.3 Å². The van der Waals surface area contributed by atoms with Crippen molar-refractivity contribution in [1.82, 2.24) is 14.4 Å². The van der Waals surface area contributed by atoms with E-state index in [0.29, 0.717) is 29.5 Å². The van der Waals surface area contributed by atoms with Gasteiger partial charge >= 0.3 is 12.1 Å². The molecule has 0 saturated heterocycles. The fraction of sp³-hybridized carbons (Fsp3) is 0.471. The molecule has 26 heavy (non-hydrogen) atoms. The van der Waals surface area contributed by atoms with Crippen LogP contribution in [0.1, 0.15) is 40.8 Å². The fourth-order valence-electron chi connectivity index (χ4n) is 3.55. The van der Waals surface area contributed by atoms with Crippen molar-refractivity contribution in [3.8, 4) is 11.3 Å². The highest BCUT2D eigenvalue weighted by Gasteiger charge is 2.40. The summed E-state index contributed by atoms with van der Waals surface area (Å²) in [5, 5.41) is 15.8. The van der Waals surface area contributed by atoms with Crippen molar-refractivity contribution >= 4 is 17.9 Å². The molecule has 1 aromatic heterocycles. The molecular formula is C17H18F3N3O2S. The summed E-state index contributed by atoms with van der Waals surface area (Å²) in [7, 11) is 0. The molecule has 5 nitrogen and oxygen atoms in total. The molecule has 0 unspecified atom stereocenters. The van der Waals surface area contributed by atoms with Gasteiger partial charge in [-0.3, -0.25) is 4.79 Å². The summed E-state index contributed by atoms with van der Waals surface area (Å²) in [4.78, 5) is 10.9. The van der Waals surface area contributed by atoms with E-state index >= 15 is 0 Å². The Bertz CT molecular complexity index is 862. The summed E-state index contributed by atoms with van der Waals surface area (Å²) in [5.74, 6) is -1.53. The summed E-state index contributed by atoms with van der Waals surface area (Å²) < 4.78 is 41.6. The summed E-state index contributed by atoms with van der Waals surface area (Å²) >= 11 is 0.694. The summed E-state index contributed by atoms with van der Waals surface area (Å²) in [5.41, 5.74) is 3.04. The molecule has 0 bridgehead atoms. The van der Waals surface area contributed by atoms with Crippen molar-refractivity contribution in [2.24, 2.45) is 0 Å². The van der Waals surface area contributed by atoms with Gasteiger partial charge in [0, 0.05) is 5.56 Å². The molecule has 3 rings (SSSR count).